The maximum atomic E-state index is 12.5. The van der Waals surface area contributed by atoms with Gasteiger partial charge in [0.1, 0.15) is 0 Å². The number of rotatable bonds is 6. The molecular weight excluding hydrogens is 270 g/mol. The average Bonchev–Trinajstić information content (AvgIpc) is 3.04. The van der Waals surface area contributed by atoms with Gasteiger partial charge in [-0.2, -0.15) is 0 Å². The average molecular weight is 295 g/mol. The summed E-state index contributed by atoms with van der Waals surface area (Å²) in [6.45, 7) is 7.18. The summed E-state index contributed by atoms with van der Waals surface area (Å²) in [5.74, 6) is 0.120. The number of hydrogen-bond donors (Lipinski definition) is 0. The lowest BCUT2D eigenvalue weighted by Crippen LogP contribution is -2.42. The highest BCUT2D eigenvalue weighted by molar-refractivity contribution is 7.13. The normalized spacial score (nSPS) is 19.0. The summed E-state index contributed by atoms with van der Waals surface area (Å²) in [4.78, 5) is 22.2. The van der Waals surface area contributed by atoms with Crippen LogP contribution < -0.4 is 0 Å². The molecule has 20 heavy (non-hydrogen) atoms. The first kappa shape index (κ1) is 15.4. The Hall–Kier alpha value is -0.940. The topological polar surface area (TPSA) is 36.4 Å². The number of amides is 1. The number of nitrogens with zero attached hydrogens (tertiary/aromatic N) is 3. The highest BCUT2D eigenvalue weighted by Gasteiger charge is 2.31. The lowest BCUT2D eigenvalue weighted by Gasteiger charge is -2.28. The van der Waals surface area contributed by atoms with Crippen LogP contribution in [-0.2, 0) is 0 Å². The SMILES string of the molecule is CCCCN(C)CC1CCCN1C(=O)c1ncc(C)s1. The molecule has 112 valence electrons. The Morgan fingerprint density at radius 3 is 3.05 bits per heavy atom. The first-order valence-corrected chi connectivity index (χ1v) is 8.35. The van der Waals surface area contributed by atoms with E-state index in [-0.39, 0.29) is 5.91 Å². The Morgan fingerprint density at radius 1 is 1.60 bits per heavy atom. The van der Waals surface area contributed by atoms with Crippen LogP contribution >= 0.6 is 11.3 Å². The second-order valence-electron chi connectivity index (χ2n) is 5.69. The minimum Gasteiger partial charge on any atom is -0.332 e. The fourth-order valence-electron chi connectivity index (χ4n) is 2.75. The molecule has 1 unspecified atom stereocenters. The van der Waals surface area contributed by atoms with Crippen LogP contribution in [0.15, 0.2) is 6.20 Å². The number of hydrogen-bond acceptors (Lipinski definition) is 4. The number of aromatic nitrogens is 1. The molecule has 2 rings (SSSR count). The number of aryl methyl sites for hydroxylation is 1. The van der Waals surface area contributed by atoms with Crippen molar-refractivity contribution in [3.05, 3.63) is 16.1 Å². The van der Waals surface area contributed by atoms with E-state index in [9.17, 15) is 4.79 Å². The molecule has 0 radical (unpaired) electrons. The first-order chi connectivity index (χ1) is 9.61. The van der Waals surface area contributed by atoms with Crippen molar-refractivity contribution in [3.63, 3.8) is 0 Å². The zero-order chi connectivity index (χ0) is 14.5. The molecule has 1 amide bonds. The van der Waals surface area contributed by atoms with E-state index in [4.69, 9.17) is 0 Å². The van der Waals surface area contributed by atoms with Crippen LogP contribution in [-0.4, -0.2) is 53.4 Å². The predicted molar refractivity (Wildman–Crippen MR) is 83.3 cm³/mol. The lowest BCUT2D eigenvalue weighted by molar-refractivity contribution is 0.0708. The molecule has 1 aromatic heterocycles. The minimum atomic E-state index is 0.120. The summed E-state index contributed by atoms with van der Waals surface area (Å²) in [6, 6.07) is 0.355. The van der Waals surface area contributed by atoms with Crippen molar-refractivity contribution in [2.75, 3.05) is 26.7 Å². The van der Waals surface area contributed by atoms with Crippen molar-refractivity contribution < 1.29 is 4.79 Å². The Labute approximate surface area is 125 Å². The van der Waals surface area contributed by atoms with E-state index in [0.717, 1.165) is 37.4 Å². The number of likely N-dealkylation sites (tertiary alicyclic amines) is 1. The smallest absolute Gasteiger partial charge is 0.283 e. The van der Waals surface area contributed by atoms with Gasteiger partial charge in [-0.1, -0.05) is 13.3 Å². The summed E-state index contributed by atoms with van der Waals surface area (Å²) in [5.41, 5.74) is 0. The Kier molecular flexibility index (Phi) is 5.54. The van der Waals surface area contributed by atoms with Crippen molar-refractivity contribution in [1.29, 1.82) is 0 Å². The Balaban J connectivity index is 1.94. The molecule has 1 aliphatic heterocycles. The van der Waals surface area contributed by atoms with E-state index in [2.05, 4.69) is 23.9 Å². The number of carbonyl (C=O) groups excluding carboxylic acids is 1. The van der Waals surface area contributed by atoms with Crippen LogP contribution in [0.5, 0.6) is 0 Å². The highest BCUT2D eigenvalue weighted by atomic mass is 32.1. The van der Waals surface area contributed by atoms with Crippen LogP contribution in [0.4, 0.5) is 0 Å². The zero-order valence-corrected chi connectivity index (χ0v) is 13.6. The van der Waals surface area contributed by atoms with Gasteiger partial charge < -0.3 is 9.80 Å². The number of thiazole rings is 1. The number of carbonyl (C=O) groups is 1. The second-order valence-corrected chi connectivity index (χ2v) is 6.92. The van der Waals surface area contributed by atoms with Crippen molar-refractivity contribution in [2.24, 2.45) is 0 Å². The monoisotopic (exact) mass is 295 g/mol. The van der Waals surface area contributed by atoms with E-state index in [1.54, 1.807) is 6.20 Å². The number of likely N-dealkylation sites (N-methyl/N-ethyl adjacent to an activating group) is 1. The van der Waals surface area contributed by atoms with Crippen LogP contribution in [0.2, 0.25) is 0 Å². The van der Waals surface area contributed by atoms with Gasteiger partial charge in [-0.3, -0.25) is 4.79 Å². The molecule has 1 aromatic rings. The molecule has 1 saturated heterocycles. The lowest BCUT2D eigenvalue weighted by atomic mass is 10.2. The van der Waals surface area contributed by atoms with E-state index in [1.165, 1.54) is 24.2 Å². The van der Waals surface area contributed by atoms with Gasteiger partial charge >= 0.3 is 0 Å². The second kappa shape index (κ2) is 7.18. The molecule has 1 atom stereocenters. The fraction of sp³-hybridized carbons (Fsp3) is 0.733. The predicted octanol–water partition coefficient (Wildman–Crippen LogP) is 2.79. The minimum absolute atomic E-state index is 0.120. The molecule has 0 saturated carbocycles. The van der Waals surface area contributed by atoms with E-state index in [0.29, 0.717) is 11.0 Å². The van der Waals surface area contributed by atoms with Crippen LogP contribution in [0.3, 0.4) is 0 Å². The van der Waals surface area contributed by atoms with E-state index < -0.39 is 0 Å². The largest absolute Gasteiger partial charge is 0.332 e. The van der Waals surface area contributed by atoms with Crippen LogP contribution in [0, 0.1) is 6.92 Å². The highest BCUT2D eigenvalue weighted by Crippen LogP contribution is 2.22. The molecule has 1 fully saturated rings. The Morgan fingerprint density at radius 2 is 2.40 bits per heavy atom. The summed E-state index contributed by atoms with van der Waals surface area (Å²) < 4.78 is 0. The molecule has 0 N–H and O–H groups in total. The van der Waals surface area contributed by atoms with E-state index >= 15 is 0 Å². The third kappa shape index (κ3) is 3.79. The van der Waals surface area contributed by atoms with Gasteiger partial charge in [0.25, 0.3) is 5.91 Å². The maximum absolute atomic E-state index is 12.5. The molecule has 0 aromatic carbocycles. The Bertz CT molecular complexity index is 446. The van der Waals surface area contributed by atoms with Crippen molar-refractivity contribution in [3.8, 4) is 0 Å². The molecule has 1 aliphatic rings. The molecule has 0 aliphatic carbocycles. The molecule has 0 bridgehead atoms. The zero-order valence-electron chi connectivity index (χ0n) is 12.8. The third-order valence-corrected chi connectivity index (χ3v) is 4.76. The van der Waals surface area contributed by atoms with Gasteiger partial charge in [-0.15, -0.1) is 11.3 Å². The van der Waals surface area contributed by atoms with Crippen molar-refractivity contribution in [1.82, 2.24) is 14.8 Å². The summed E-state index contributed by atoms with van der Waals surface area (Å²) >= 11 is 1.50. The van der Waals surface area contributed by atoms with Gasteiger partial charge in [-0.05, 0) is 39.8 Å². The van der Waals surface area contributed by atoms with Crippen LogP contribution in [0.25, 0.3) is 0 Å². The summed E-state index contributed by atoms with van der Waals surface area (Å²) in [6.07, 6.45) is 6.46. The van der Waals surface area contributed by atoms with E-state index in [1.807, 2.05) is 11.8 Å². The van der Waals surface area contributed by atoms with Gasteiger partial charge in [0.2, 0.25) is 0 Å². The maximum Gasteiger partial charge on any atom is 0.283 e. The summed E-state index contributed by atoms with van der Waals surface area (Å²) in [5, 5.41) is 0.644. The van der Waals surface area contributed by atoms with Gasteiger partial charge in [0.05, 0.1) is 0 Å². The van der Waals surface area contributed by atoms with Crippen LogP contribution in [0.1, 0.15) is 47.3 Å². The van der Waals surface area contributed by atoms with Gasteiger partial charge in [0, 0.05) is 30.2 Å². The fourth-order valence-corrected chi connectivity index (χ4v) is 3.47. The first-order valence-electron chi connectivity index (χ1n) is 7.53. The standard InChI is InChI=1S/C15H25N3OS/c1-4-5-8-17(3)11-13-7-6-9-18(13)15(19)14-16-10-12(2)20-14/h10,13H,4-9,11H2,1-3H3. The molecule has 5 heteroatoms. The molecule has 0 spiro atoms. The molecule has 4 nitrogen and oxygen atoms in total. The molecular formula is C15H25N3OS. The van der Waals surface area contributed by atoms with Gasteiger partial charge in [-0.25, -0.2) is 4.98 Å². The number of unbranched alkanes of at least 4 members (excludes halogenated alkanes) is 1. The third-order valence-electron chi connectivity index (χ3n) is 3.86. The van der Waals surface area contributed by atoms with Crippen molar-refractivity contribution in [2.45, 2.75) is 45.6 Å². The van der Waals surface area contributed by atoms with Crippen molar-refractivity contribution >= 4 is 17.2 Å². The quantitative estimate of drug-likeness (QED) is 0.809. The van der Waals surface area contributed by atoms with Gasteiger partial charge in [0.15, 0.2) is 5.01 Å². The molecule has 2 heterocycles. The summed E-state index contributed by atoms with van der Waals surface area (Å²) in [7, 11) is 2.16.